The van der Waals surface area contributed by atoms with Gasteiger partial charge in [-0.2, -0.15) is 0 Å². The van der Waals surface area contributed by atoms with E-state index in [4.69, 9.17) is 4.99 Å². The van der Waals surface area contributed by atoms with Crippen LogP contribution >= 0.6 is 0 Å². The van der Waals surface area contributed by atoms with Crippen LogP contribution in [0.4, 0.5) is 0 Å². The van der Waals surface area contributed by atoms with E-state index in [2.05, 4.69) is 24.5 Å². The number of guanidine groups is 1. The molecular weight excluding hydrogens is 294 g/mol. The first kappa shape index (κ1) is 18.1. The van der Waals surface area contributed by atoms with Crippen LogP contribution in [0.5, 0.6) is 0 Å². The fourth-order valence-corrected chi connectivity index (χ4v) is 4.92. The van der Waals surface area contributed by atoms with E-state index in [-0.39, 0.29) is 0 Å². The molecule has 0 aliphatic heterocycles. The van der Waals surface area contributed by atoms with Crippen molar-refractivity contribution >= 4 is 5.96 Å². The molecule has 3 rings (SSSR count). The zero-order valence-electron chi connectivity index (χ0n) is 16.0. The Balaban J connectivity index is 1.66. The predicted octanol–water partition coefficient (Wildman–Crippen LogP) is 5.01. The lowest BCUT2D eigenvalue weighted by molar-refractivity contribution is 0.299. The van der Waals surface area contributed by atoms with Crippen LogP contribution in [0.2, 0.25) is 0 Å². The molecular formula is C21H39N3. The van der Waals surface area contributed by atoms with Gasteiger partial charge in [0.15, 0.2) is 5.96 Å². The maximum Gasteiger partial charge on any atom is 0.191 e. The van der Waals surface area contributed by atoms with Crippen LogP contribution in [-0.4, -0.2) is 24.1 Å². The topological polar surface area (TPSA) is 36.4 Å². The second-order valence-electron chi connectivity index (χ2n) is 8.80. The molecule has 0 aromatic rings. The van der Waals surface area contributed by atoms with Gasteiger partial charge in [-0.3, -0.25) is 0 Å². The first-order valence-electron chi connectivity index (χ1n) is 10.8. The minimum atomic E-state index is 0.524. The molecule has 4 unspecified atom stereocenters. The van der Waals surface area contributed by atoms with Crippen molar-refractivity contribution in [2.75, 3.05) is 0 Å². The van der Waals surface area contributed by atoms with Crippen molar-refractivity contribution < 1.29 is 0 Å². The molecule has 3 heteroatoms. The van der Waals surface area contributed by atoms with Crippen molar-refractivity contribution in [3.05, 3.63) is 0 Å². The fourth-order valence-electron chi connectivity index (χ4n) is 4.92. The smallest absolute Gasteiger partial charge is 0.191 e. The standard InChI is InChI=1S/C21H39N3/c1-16-10-6-8-14-19(16)23-21(22-18-12-4-3-5-13-18)24-20-15-9-7-11-17(20)2/h16-20H,3-15H2,1-2H3,(H2,22,23,24). The van der Waals surface area contributed by atoms with Crippen LogP contribution in [0.1, 0.15) is 97.3 Å². The molecule has 0 heterocycles. The van der Waals surface area contributed by atoms with E-state index in [1.54, 1.807) is 0 Å². The van der Waals surface area contributed by atoms with Gasteiger partial charge in [0.1, 0.15) is 0 Å². The van der Waals surface area contributed by atoms with Crippen LogP contribution in [0.15, 0.2) is 4.99 Å². The van der Waals surface area contributed by atoms with Crippen LogP contribution in [0.3, 0.4) is 0 Å². The van der Waals surface area contributed by atoms with Gasteiger partial charge in [-0.05, 0) is 50.4 Å². The normalized spacial score (nSPS) is 36.3. The van der Waals surface area contributed by atoms with Crippen molar-refractivity contribution in [1.82, 2.24) is 10.6 Å². The molecule has 4 atom stereocenters. The average Bonchev–Trinajstić information content (AvgIpc) is 2.60. The molecule has 24 heavy (non-hydrogen) atoms. The lowest BCUT2D eigenvalue weighted by Crippen LogP contribution is -2.51. The lowest BCUT2D eigenvalue weighted by Gasteiger charge is -2.34. The van der Waals surface area contributed by atoms with Gasteiger partial charge in [-0.1, -0.05) is 58.8 Å². The van der Waals surface area contributed by atoms with Gasteiger partial charge in [0.25, 0.3) is 0 Å². The molecule has 0 amide bonds. The zero-order valence-corrected chi connectivity index (χ0v) is 16.0. The van der Waals surface area contributed by atoms with E-state index < -0.39 is 0 Å². The number of rotatable bonds is 3. The summed E-state index contributed by atoms with van der Waals surface area (Å²) in [4.78, 5) is 5.23. The van der Waals surface area contributed by atoms with Crippen LogP contribution in [-0.2, 0) is 0 Å². The SMILES string of the molecule is CC1CCCCC1N=C(NC1CCCCC1)NC1CCCCC1C. The highest BCUT2D eigenvalue weighted by Crippen LogP contribution is 2.27. The summed E-state index contributed by atoms with van der Waals surface area (Å²) in [7, 11) is 0. The van der Waals surface area contributed by atoms with Gasteiger partial charge in [0.2, 0.25) is 0 Å². The van der Waals surface area contributed by atoms with E-state index >= 15 is 0 Å². The van der Waals surface area contributed by atoms with Gasteiger partial charge in [0.05, 0.1) is 6.04 Å². The van der Waals surface area contributed by atoms with E-state index in [1.165, 1.54) is 83.5 Å². The summed E-state index contributed by atoms with van der Waals surface area (Å²) >= 11 is 0. The molecule has 3 nitrogen and oxygen atoms in total. The molecule has 0 radical (unpaired) electrons. The Morgan fingerprint density at radius 2 is 1.29 bits per heavy atom. The van der Waals surface area contributed by atoms with Crippen LogP contribution < -0.4 is 10.6 Å². The Morgan fingerprint density at radius 3 is 2.00 bits per heavy atom. The second kappa shape index (κ2) is 9.10. The first-order valence-corrected chi connectivity index (χ1v) is 10.8. The predicted molar refractivity (Wildman–Crippen MR) is 103 cm³/mol. The average molecular weight is 334 g/mol. The van der Waals surface area contributed by atoms with Gasteiger partial charge < -0.3 is 10.6 Å². The summed E-state index contributed by atoms with van der Waals surface area (Å²) in [6.45, 7) is 4.81. The monoisotopic (exact) mass is 333 g/mol. The molecule has 138 valence electrons. The number of aliphatic imine (C=N–C) groups is 1. The molecule has 0 aromatic carbocycles. The van der Waals surface area contributed by atoms with Crippen molar-refractivity contribution in [3.63, 3.8) is 0 Å². The summed E-state index contributed by atoms with van der Waals surface area (Å²) in [6.07, 6.45) is 17.7. The third kappa shape index (κ3) is 5.13. The molecule has 0 spiro atoms. The minimum Gasteiger partial charge on any atom is -0.354 e. The molecule has 2 N–H and O–H groups in total. The number of hydrogen-bond donors (Lipinski definition) is 2. The van der Waals surface area contributed by atoms with E-state index in [0.717, 1.165) is 17.8 Å². The largest absolute Gasteiger partial charge is 0.354 e. The zero-order chi connectivity index (χ0) is 16.8. The summed E-state index contributed by atoms with van der Waals surface area (Å²) in [6, 6.07) is 1.78. The van der Waals surface area contributed by atoms with Crippen molar-refractivity contribution in [2.45, 2.75) is 115 Å². The summed E-state index contributed by atoms with van der Waals surface area (Å²) in [5.41, 5.74) is 0. The van der Waals surface area contributed by atoms with Crippen LogP contribution in [0, 0.1) is 11.8 Å². The van der Waals surface area contributed by atoms with Gasteiger partial charge in [-0.25, -0.2) is 4.99 Å². The van der Waals surface area contributed by atoms with Crippen molar-refractivity contribution in [3.8, 4) is 0 Å². The number of nitrogens with zero attached hydrogens (tertiary/aromatic N) is 1. The molecule has 0 aromatic heterocycles. The molecule has 0 saturated heterocycles. The van der Waals surface area contributed by atoms with Crippen LogP contribution in [0.25, 0.3) is 0 Å². The quantitative estimate of drug-likeness (QED) is 0.562. The lowest BCUT2D eigenvalue weighted by atomic mass is 9.85. The highest BCUT2D eigenvalue weighted by Gasteiger charge is 2.26. The van der Waals surface area contributed by atoms with E-state index in [9.17, 15) is 0 Å². The maximum atomic E-state index is 5.23. The fraction of sp³-hybridized carbons (Fsp3) is 0.952. The summed E-state index contributed by atoms with van der Waals surface area (Å²) in [5.74, 6) is 2.66. The third-order valence-electron chi connectivity index (χ3n) is 6.74. The highest BCUT2D eigenvalue weighted by molar-refractivity contribution is 5.80. The van der Waals surface area contributed by atoms with E-state index in [1.807, 2.05) is 0 Å². The van der Waals surface area contributed by atoms with E-state index in [0.29, 0.717) is 18.1 Å². The summed E-state index contributed by atoms with van der Waals surface area (Å²) in [5, 5.41) is 7.69. The Labute approximate surface area is 149 Å². The first-order chi connectivity index (χ1) is 11.7. The molecule has 0 bridgehead atoms. The van der Waals surface area contributed by atoms with Gasteiger partial charge in [0, 0.05) is 12.1 Å². The highest BCUT2D eigenvalue weighted by atomic mass is 15.2. The Kier molecular flexibility index (Phi) is 6.85. The molecule has 3 fully saturated rings. The molecule has 3 saturated carbocycles. The Hall–Kier alpha value is -0.730. The van der Waals surface area contributed by atoms with Gasteiger partial charge >= 0.3 is 0 Å². The second-order valence-corrected chi connectivity index (χ2v) is 8.80. The minimum absolute atomic E-state index is 0.524. The van der Waals surface area contributed by atoms with Gasteiger partial charge in [-0.15, -0.1) is 0 Å². The molecule has 3 aliphatic carbocycles. The third-order valence-corrected chi connectivity index (χ3v) is 6.74. The van der Waals surface area contributed by atoms with Crippen molar-refractivity contribution in [2.24, 2.45) is 16.8 Å². The maximum absolute atomic E-state index is 5.23. The molecule has 3 aliphatic rings. The Morgan fingerprint density at radius 1 is 0.667 bits per heavy atom. The Bertz CT molecular complexity index is 400. The number of hydrogen-bond acceptors (Lipinski definition) is 1. The van der Waals surface area contributed by atoms with Crippen molar-refractivity contribution in [1.29, 1.82) is 0 Å². The summed E-state index contributed by atoms with van der Waals surface area (Å²) < 4.78 is 0. The number of nitrogens with one attached hydrogen (secondary N) is 2.